The van der Waals surface area contributed by atoms with Crippen LogP contribution in [0.2, 0.25) is 0 Å². The molecule has 1 unspecified atom stereocenters. The molecule has 0 bridgehead atoms. The first-order valence-corrected chi connectivity index (χ1v) is 8.22. The largest absolute Gasteiger partial charge is 0.467 e. The van der Waals surface area contributed by atoms with Gasteiger partial charge in [0.25, 0.3) is 0 Å². The van der Waals surface area contributed by atoms with Gasteiger partial charge >= 0.3 is 12.1 Å². The summed E-state index contributed by atoms with van der Waals surface area (Å²) >= 11 is 0. The Balaban J connectivity index is 2.52. The van der Waals surface area contributed by atoms with Gasteiger partial charge in [0.1, 0.15) is 5.60 Å². The topological polar surface area (TPSA) is 84.9 Å². The molecule has 0 aromatic carbocycles. The van der Waals surface area contributed by atoms with Crippen LogP contribution in [0.5, 0.6) is 0 Å². The molecular formula is C17H31NO5. The number of carbonyl (C=O) groups is 2. The predicted octanol–water partition coefficient (Wildman–Crippen LogP) is 2.63. The van der Waals surface area contributed by atoms with Crippen LogP contribution in [0.4, 0.5) is 4.79 Å². The van der Waals surface area contributed by atoms with Crippen molar-refractivity contribution in [3.05, 3.63) is 0 Å². The van der Waals surface area contributed by atoms with E-state index in [-0.39, 0.29) is 12.0 Å². The molecule has 23 heavy (non-hydrogen) atoms. The van der Waals surface area contributed by atoms with Crippen molar-refractivity contribution >= 4 is 12.1 Å². The van der Waals surface area contributed by atoms with E-state index in [9.17, 15) is 14.7 Å². The number of methoxy groups -OCH3 is 1. The molecule has 1 rings (SSSR count). The number of hydrogen-bond acceptors (Lipinski definition) is 5. The summed E-state index contributed by atoms with van der Waals surface area (Å²) in [5.74, 6) is -0.391. The van der Waals surface area contributed by atoms with Gasteiger partial charge in [-0.2, -0.15) is 0 Å². The molecule has 1 aliphatic carbocycles. The predicted molar refractivity (Wildman–Crippen MR) is 86.9 cm³/mol. The Morgan fingerprint density at radius 2 is 1.61 bits per heavy atom. The maximum absolute atomic E-state index is 11.8. The summed E-state index contributed by atoms with van der Waals surface area (Å²) in [6.07, 6.45) is 1.76. The molecule has 1 atom stereocenters. The fraction of sp³-hybridized carbons (Fsp3) is 0.882. The second-order valence-corrected chi connectivity index (χ2v) is 7.94. The van der Waals surface area contributed by atoms with Crippen LogP contribution in [-0.4, -0.2) is 42.0 Å². The van der Waals surface area contributed by atoms with Gasteiger partial charge in [0, 0.05) is 11.5 Å². The lowest BCUT2D eigenvalue weighted by atomic mass is 9.67. The molecular weight excluding hydrogens is 298 g/mol. The summed E-state index contributed by atoms with van der Waals surface area (Å²) in [7, 11) is 1.28. The lowest BCUT2D eigenvalue weighted by molar-refractivity contribution is -0.160. The molecule has 0 heterocycles. The van der Waals surface area contributed by atoms with Gasteiger partial charge in [-0.25, -0.2) is 9.59 Å². The maximum Gasteiger partial charge on any atom is 0.407 e. The lowest BCUT2D eigenvalue weighted by Gasteiger charge is -2.41. The molecule has 2 N–H and O–H groups in total. The van der Waals surface area contributed by atoms with Crippen LogP contribution in [0.3, 0.4) is 0 Å². The minimum atomic E-state index is -1.13. The molecule has 0 aromatic rings. The number of esters is 1. The molecule has 0 aromatic heterocycles. The molecule has 134 valence electrons. The van der Waals surface area contributed by atoms with Gasteiger partial charge in [-0.15, -0.1) is 0 Å². The molecule has 1 aliphatic rings. The highest BCUT2D eigenvalue weighted by Crippen LogP contribution is 2.41. The summed E-state index contributed by atoms with van der Waals surface area (Å²) in [4.78, 5) is 23.4. The van der Waals surface area contributed by atoms with E-state index in [2.05, 4.69) is 10.1 Å². The summed E-state index contributed by atoms with van der Waals surface area (Å²) < 4.78 is 9.91. The zero-order valence-electron chi connectivity index (χ0n) is 15.1. The number of amides is 1. The van der Waals surface area contributed by atoms with E-state index in [1.807, 2.05) is 34.6 Å². The quantitative estimate of drug-likeness (QED) is 0.775. The number of aliphatic hydroxyl groups excluding tert-OH is 1. The summed E-state index contributed by atoms with van der Waals surface area (Å²) in [5, 5.41) is 13.1. The minimum Gasteiger partial charge on any atom is -0.467 e. The van der Waals surface area contributed by atoms with Crippen LogP contribution in [0, 0.1) is 11.3 Å². The van der Waals surface area contributed by atoms with Crippen LogP contribution in [0.1, 0.15) is 60.3 Å². The van der Waals surface area contributed by atoms with Crippen LogP contribution >= 0.6 is 0 Å². The van der Waals surface area contributed by atoms with Gasteiger partial charge in [-0.1, -0.05) is 13.8 Å². The van der Waals surface area contributed by atoms with Crippen LogP contribution in [-0.2, 0) is 14.3 Å². The van der Waals surface area contributed by atoms with Crippen molar-refractivity contribution in [1.29, 1.82) is 0 Å². The van der Waals surface area contributed by atoms with Crippen molar-refractivity contribution in [1.82, 2.24) is 5.32 Å². The third kappa shape index (κ3) is 5.68. The number of carbonyl (C=O) groups excluding carboxylic acids is 2. The number of aliphatic hydroxyl groups is 1. The van der Waals surface area contributed by atoms with Crippen LogP contribution < -0.4 is 5.32 Å². The average molecular weight is 329 g/mol. The highest BCUT2D eigenvalue weighted by Gasteiger charge is 2.42. The number of alkyl carbamates (subject to hydrolysis) is 1. The number of nitrogens with one attached hydrogen (secondary N) is 1. The van der Waals surface area contributed by atoms with Crippen molar-refractivity contribution in [2.45, 2.75) is 78.0 Å². The smallest absolute Gasteiger partial charge is 0.407 e. The fourth-order valence-corrected chi connectivity index (χ4v) is 3.09. The zero-order chi connectivity index (χ0) is 17.8. The van der Waals surface area contributed by atoms with Crippen molar-refractivity contribution in [3.8, 4) is 0 Å². The molecule has 0 radical (unpaired) electrons. The monoisotopic (exact) mass is 329 g/mol. The standard InChI is InChI=1S/C17H31NO5/c1-16(2,3)23-15(21)18-12-9-7-11(8-10-12)17(4,5)13(19)14(20)22-6/h11-13,19H,7-10H2,1-6H3,(H,18,21). The number of hydrogen-bond donors (Lipinski definition) is 2. The molecule has 0 aliphatic heterocycles. The summed E-state index contributed by atoms with van der Waals surface area (Å²) in [6, 6.07) is 0.0761. The Morgan fingerprint density at radius 3 is 2.04 bits per heavy atom. The minimum absolute atomic E-state index is 0.0761. The van der Waals surface area contributed by atoms with Crippen LogP contribution in [0.25, 0.3) is 0 Å². The Kier molecular flexibility index (Phi) is 6.45. The maximum atomic E-state index is 11.8. The van der Waals surface area contributed by atoms with Crippen molar-refractivity contribution in [3.63, 3.8) is 0 Å². The molecule has 1 amide bonds. The Bertz CT molecular complexity index is 419. The Morgan fingerprint density at radius 1 is 1.09 bits per heavy atom. The van der Waals surface area contributed by atoms with Gasteiger partial charge in [0.05, 0.1) is 7.11 Å². The van der Waals surface area contributed by atoms with Crippen LogP contribution in [0.15, 0.2) is 0 Å². The Labute approximate surface area is 138 Å². The molecule has 6 nitrogen and oxygen atoms in total. The Hall–Kier alpha value is -1.30. The average Bonchev–Trinajstić information content (AvgIpc) is 2.44. The van der Waals surface area contributed by atoms with E-state index in [0.717, 1.165) is 25.7 Å². The van der Waals surface area contributed by atoms with E-state index < -0.39 is 29.2 Å². The van der Waals surface area contributed by atoms with E-state index in [4.69, 9.17) is 4.74 Å². The molecule has 0 spiro atoms. The first-order chi connectivity index (χ1) is 10.5. The molecule has 6 heteroatoms. The second kappa shape index (κ2) is 7.51. The van der Waals surface area contributed by atoms with Gasteiger partial charge < -0.3 is 19.9 Å². The second-order valence-electron chi connectivity index (χ2n) is 7.94. The fourth-order valence-electron chi connectivity index (χ4n) is 3.09. The third-order valence-corrected chi connectivity index (χ3v) is 4.63. The summed E-state index contributed by atoms with van der Waals surface area (Å²) in [6.45, 7) is 9.28. The summed E-state index contributed by atoms with van der Waals surface area (Å²) in [5.41, 5.74) is -1.06. The highest BCUT2D eigenvalue weighted by molar-refractivity contribution is 5.75. The first-order valence-electron chi connectivity index (χ1n) is 8.22. The number of rotatable bonds is 4. The van der Waals surface area contributed by atoms with E-state index in [1.54, 1.807) is 0 Å². The van der Waals surface area contributed by atoms with E-state index >= 15 is 0 Å². The van der Waals surface area contributed by atoms with Crippen molar-refractivity contribution in [2.75, 3.05) is 7.11 Å². The number of ether oxygens (including phenoxy) is 2. The molecule has 1 saturated carbocycles. The van der Waals surface area contributed by atoms with Crippen molar-refractivity contribution < 1.29 is 24.2 Å². The zero-order valence-corrected chi connectivity index (χ0v) is 15.1. The lowest BCUT2D eigenvalue weighted by Crippen LogP contribution is -2.46. The van der Waals surface area contributed by atoms with Gasteiger partial charge in [0.2, 0.25) is 0 Å². The van der Waals surface area contributed by atoms with E-state index in [0.29, 0.717) is 0 Å². The first kappa shape index (κ1) is 19.7. The normalized spacial score (nSPS) is 23.8. The molecule has 0 saturated heterocycles. The van der Waals surface area contributed by atoms with Crippen molar-refractivity contribution in [2.24, 2.45) is 11.3 Å². The van der Waals surface area contributed by atoms with Gasteiger partial charge in [-0.05, 0) is 52.4 Å². The van der Waals surface area contributed by atoms with E-state index in [1.165, 1.54) is 7.11 Å². The van der Waals surface area contributed by atoms with Gasteiger partial charge in [-0.3, -0.25) is 0 Å². The molecule has 1 fully saturated rings. The van der Waals surface area contributed by atoms with Gasteiger partial charge in [0.15, 0.2) is 6.10 Å². The third-order valence-electron chi connectivity index (χ3n) is 4.63. The highest BCUT2D eigenvalue weighted by atomic mass is 16.6. The SMILES string of the molecule is COC(=O)C(O)C(C)(C)C1CCC(NC(=O)OC(C)(C)C)CC1.